The molecule has 46 heavy (non-hydrogen) atoms. The number of rotatable bonds is 11. The van der Waals surface area contributed by atoms with Crippen molar-refractivity contribution in [2.75, 3.05) is 13.2 Å². The summed E-state index contributed by atoms with van der Waals surface area (Å²) in [6.45, 7) is 18.9. The summed E-state index contributed by atoms with van der Waals surface area (Å²) in [5.41, 5.74) is 1.31. The first kappa shape index (κ1) is 36.6. The van der Waals surface area contributed by atoms with Crippen LogP contribution in [0.2, 0.25) is 0 Å². The zero-order valence-electron chi connectivity index (χ0n) is 30.2. The van der Waals surface area contributed by atoms with Gasteiger partial charge in [0.25, 0.3) is 0 Å². The van der Waals surface area contributed by atoms with Gasteiger partial charge in [-0.05, 0) is 119 Å². The number of carbonyl (C=O) groups excluding carboxylic acids is 3. The molecule has 3 fully saturated rings. The highest BCUT2D eigenvalue weighted by Gasteiger charge is 2.59. The maximum atomic E-state index is 12.8. The molecule has 1 N–H and O–H groups in total. The Bertz CT molecular complexity index is 1110. The fraction of sp³-hybridized carbons (Fsp3) is 0.868. The second-order valence-corrected chi connectivity index (χ2v) is 16.8. The predicted octanol–water partition coefficient (Wildman–Crippen LogP) is 9.01. The van der Waals surface area contributed by atoms with E-state index in [0.29, 0.717) is 11.3 Å². The molecule has 0 aromatic rings. The molecule has 1 amide bonds. The van der Waals surface area contributed by atoms with E-state index >= 15 is 0 Å². The van der Waals surface area contributed by atoms with Crippen LogP contribution < -0.4 is 5.32 Å². The lowest BCUT2D eigenvalue weighted by molar-refractivity contribution is -0.147. The van der Waals surface area contributed by atoms with E-state index in [1.54, 1.807) is 27.7 Å². The van der Waals surface area contributed by atoms with Crippen molar-refractivity contribution in [1.29, 1.82) is 0 Å². The summed E-state index contributed by atoms with van der Waals surface area (Å²) in [5.74, 6) is 4.00. The number of hydrogen-bond donors (Lipinski definition) is 1. The first-order valence-electron chi connectivity index (χ1n) is 18.3. The van der Waals surface area contributed by atoms with Gasteiger partial charge in [-0.15, -0.1) is 0 Å². The summed E-state index contributed by atoms with van der Waals surface area (Å²) in [7, 11) is 0. The normalized spacial score (nSPS) is 33.4. The topological polar surface area (TPSA) is 100 Å². The molecular weight excluding hydrogens is 582 g/mol. The highest BCUT2D eigenvalue weighted by molar-refractivity contribution is 5.81. The van der Waals surface area contributed by atoms with Gasteiger partial charge in [-0.25, -0.2) is 14.4 Å². The summed E-state index contributed by atoms with van der Waals surface area (Å²) in [5, 5.41) is 2.45. The number of nitrogens with one attached hydrogen (secondary N) is 1. The molecule has 4 rings (SSSR count). The summed E-state index contributed by atoms with van der Waals surface area (Å²) >= 11 is 0. The van der Waals surface area contributed by atoms with Crippen molar-refractivity contribution in [3.8, 4) is 0 Å². The van der Waals surface area contributed by atoms with Crippen LogP contribution >= 0.6 is 0 Å². The van der Waals surface area contributed by atoms with Gasteiger partial charge in [0.1, 0.15) is 18.3 Å². The third-order valence-corrected chi connectivity index (χ3v) is 12.2. The van der Waals surface area contributed by atoms with Gasteiger partial charge >= 0.3 is 18.2 Å². The smallest absolute Gasteiger partial charge is 0.464 e. The van der Waals surface area contributed by atoms with Crippen LogP contribution in [0.1, 0.15) is 133 Å². The van der Waals surface area contributed by atoms with Crippen molar-refractivity contribution in [3.63, 3.8) is 0 Å². The van der Waals surface area contributed by atoms with Crippen molar-refractivity contribution in [1.82, 2.24) is 5.32 Å². The van der Waals surface area contributed by atoms with Gasteiger partial charge in [-0.1, -0.05) is 65.5 Å². The number of ether oxygens (including phenoxy) is 4. The number of fused-ring (bicyclic) bond motifs is 5. The maximum Gasteiger partial charge on any atom is 0.508 e. The van der Waals surface area contributed by atoms with E-state index in [2.05, 4.69) is 46.0 Å². The van der Waals surface area contributed by atoms with Crippen LogP contribution in [0.4, 0.5) is 9.59 Å². The first-order chi connectivity index (χ1) is 21.6. The first-order valence-corrected chi connectivity index (χ1v) is 18.3. The largest absolute Gasteiger partial charge is 0.508 e. The number of amides is 1. The van der Waals surface area contributed by atoms with Crippen molar-refractivity contribution < 1.29 is 33.3 Å². The number of allylic oxidation sites excluding steroid dienone is 1. The molecule has 0 aliphatic heterocycles. The molecule has 0 bridgehead atoms. The molecule has 9 atom stereocenters. The van der Waals surface area contributed by atoms with E-state index in [0.717, 1.165) is 55.3 Å². The lowest BCUT2D eigenvalue weighted by Crippen LogP contribution is -2.51. The molecule has 1 unspecified atom stereocenters. The molecule has 0 aromatic heterocycles. The Morgan fingerprint density at radius 1 is 0.978 bits per heavy atom. The van der Waals surface area contributed by atoms with Crippen LogP contribution in [0.15, 0.2) is 11.6 Å². The quantitative estimate of drug-likeness (QED) is 0.136. The summed E-state index contributed by atoms with van der Waals surface area (Å²) in [4.78, 5) is 37.5. The minimum absolute atomic E-state index is 0.131. The second-order valence-electron chi connectivity index (χ2n) is 16.8. The number of hydrogen-bond acceptors (Lipinski definition) is 7. The third kappa shape index (κ3) is 8.42. The zero-order chi connectivity index (χ0) is 33.9. The lowest BCUT2D eigenvalue weighted by Gasteiger charge is -2.58. The molecule has 0 radical (unpaired) electrons. The second kappa shape index (κ2) is 14.9. The summed E-state index contributed by atoms with van der Waals surface area (Å²) in [6, 6.07) is -1.19. The SMILES string of the molecule is CCOC(=O)[C@H](COC(=O)OC1CC[C@]2(C)C(=CC[C@@H]3[C@H]4CC[C@@H]([C@@H](C)CCCC(C)C)[C@]4(C)CC[C@H]32)C1)NC(=O)OC(C)(C)C. The Morgan fingerprint density at radius 3 is 2.39 bits per heavy atom. The predicted molar refractivity (Wildman–Crippen MR) is 179 cm³/mol. The van der Waals surface area contributed by atoms with Crippen LogP contribution in [0, 0.1) is 46.3 Å². The molecule has 0 aromatic carbocycles. The molecule has 8 heteroatoms. The van der Waals surface area contributed by atoms with Gasteiger partial charge in [0.05, 0.1) is 6.61 Å². The fourth-order valence-electron chi connectivity index (χ4n) is 9.94. The molecule has 0 spiro atoms. The highest BCUT2D eigenvalue weighted by atomic mass is 16.7. The third-order valence-electron chi connectivity index (χ3n) is 12.2. The number of alkyl carbamates (subject to hydrolysis) is 1. The Kier molecular flexibility index (Phi) is 11.8. The molecule has 262 valence electrons. The van der Waals surface area contributed by atoms with Crippen LogP contribution in [0.5, 0.6) is 0 Å². The minimum Gasteiger partial charge on any atom is -0.464 e. The fourth-order valence-corrected chi connectivity index (χ4v) is 9.94. The standard InChI is InChI=1S/C38H63NO7/c1-10-43-33(40)32(39-34(41)46-36(5,6)7)23-44-35(42)45-27-18-20-37(8)26(22-27)14-15-28-30-17-16-29(25(4)13-11-12-24(2)3)38(30,9)21-19-31(28)37/h14,24-25,27-32H,10-13,15-23H2,1-9H3,(H,39,41)/t25-,27?,28+,29-,30+,31+,32-,37+,38-/m0/s1. The number of esters is 1. The summed E-state index contributed by atoms with van der Waals surface area (Å²) in [6.07, 6.45) is 13.7. The van der Waals surface area contributed by atoms with E-state index in [-0.39, 0.29) is 18.1 Å². The minimum atomic E-state index is -1.19. The average Bonchev–Trinajstić information content (AvgIpc) is 3.31. The number of carbonyl (C=O) groups is 3. The Balaban J connectivity index is 1.33. The van der Waals surface area contributed by atoms with Crippen LogP contribution in [-0.4, -0.2) is 49.2 Å². The van der Waals surface area contributed by atoms with Crippen LogP contribution in [-0.2, 0) is 23.7 Å². The van der Waals surface area contributed by atoms with E-state index in [1.807, 2.05) is 0 Å². The van der Waals surface area contributed by atoms with Crippen LogP contribution in [0.3, 0.4) is 0 Å². The molecule has 4 aliphatic rings. The van der Waals surface area contributed by atoms with Gasteiger partial charge in [0.15, 0.2) is 6.04 Å². The Morgan fingerprint density at radius 2 is 1.72 bits per heavy atom. The van der Waals surface area contributed by atoms with E-state index in [1.165, 1.54) is 50.5 Å². The van der Waals surface area contributed by atoms with Gasteiger partial charge < -0.3 is 24.3 Å². The lowest BCUT2D eigenvalue weighted by atomic mass is 9.47. The van der Waals surface area contributed by atoms with Gasteiger partial charge in [-0.3, -0.25) is 0 Å². The van der Waals surface area contributed by atoms with Crippen molar-refractivity contribution in [2.24, 2.45) is 46.3 Å². The van der Waals surface area contributed by atoms with Crippen molar-refractivity contribution in [3.05, 3.63) is 11.6 Å². The molecule has 4 aliphatic carbocycles. The van der Waals surface area contributed by atoms with Gasteiger partial charge in [-0.2, -0.15) is 0 Å². The van der Waals surface area contributed by atoms with E-state index in [4.69, 9.17) is 18.9 Å². The highest BCUT2D eigenvalue weighted by Crippen LogP contribution is 2.67. The molecular formula is C38H63NO7. The van der Waals surface area contributed by atoms with Gasteiger partial charge in [0.2, 0.25) is 0 Å². The zero-order valence-corrected chi connectivity index (χ0v) is 30.2. The Labute approximate surface area is 278 Å². The van der Waals surface area contributed by atoms with E-state index < -0.39 is 36.5 Å². The molecule has 0 heterocycles. The Hall–Kier alpha value is -2.25. The average molecular weight is 646 g/mol. The van der Waals surface area contributed by atoms with E-state index in [9.17, 15) is 14.4 Å². The van der Waals surface area contributed by atoms with Gasteiger partial charge in [0, 0.05) is 6.42 Å². The van der Waals surface area contributed by atoms with Crippen LogP contribution in [0.25, 0.3) is 0 Å². The molecule has 3 saturated carbocycles. The van der Waals surface area contributed by atoms with Crippen molar-refractivity contribution in [2.45, 2.75) is 151 Å². The summed E-state index contributed by atoms with van der Waals surface area (Å²) < 4.78 is 21.4. The van der Waals surface area contributed by atoms with Crippen molar-refractivity contribution >= 4 is 18.2 Å². The monoisotopic (exact) mass is 645 g/mol. The molecule has 8 nitrogen and oxygen atoms in total. The maximum absolute atomic E-state index is 12.8. The molecule has 0 saturated heterocycles.